The van der Waals surface area contributed by atoms with Crippen LogP contribution >= 0.6 is 0 Å². The summed E-state index contributed by atoms with van der Waals surface area (Å²) in [5.41, 5.74) is 3.09. The molecule has 0 atom stereocenters. The van der Waals surface area contributed by atoms with Crippen LogP contribution in [0.15, 0.2) is 42.5 Å². The number of hydrogen-bond acceptors (Lipinski definition) is 3. The molecule has 24 heavy (non-hydrogen) atoms. The van der Waals surface area contributed by atoms with E-state index in [4.69, 9.17) is 9.47 Å². The maximum Gasteiger partial charge on any atom is 0.224 e. The smallest absolute Gasteiger partial charge is 0.224 e. The van der Waals surface area contributed by atoms with Crippen LogP contribution in [0.5, 0.6) is 11.5 Å². The predicted molar refractivity (Wildman–Crippen MR) is 97.0 cm³/mol. The molecule has 2 aromatic rings. The van der Waals surface area contributed by atoms with Crippen LogP contribution < -0.4 is 14.8 Å². The quantitative estimate of drug-likeness (QED) is 0.820. The molecule has 1 amide bonds. The van der Waals surface area contributed by atoms with E-state index in [1.807, 2.05) is 0 Å². The molecule has 1 N–H and O–H groups in total. The summed E-state index contributed by atoms with van der Waals surface area (Å²) in [6.07, 6.45) is 1.12. The number of nitrogens with one attached hydrogen (secondary N) is 1. The van der Waals surface area contributed by atoms with Gasteiger partial charge < -0.3 is 14.8 Å². The maximum absolute atomic E-state index is 12.2. The minimum atomic E-state index is -0.0468. The van der Waals surface area contributed by atoms with E-state index in [2.05, 4.69) is 43.4 Å². The molecule has 2 aromatic carbocycles. The molecule has 128 valence electrons. The molecule has 0 spiro atoms. The number of benzene rings is 2. The van der Waals surface area contributed by atoms with E-state index in [1.54, 1.807) is 32.4 Å². The van der Waals surface area contributed by atoms with Crippen LogP contribution in [-0.4, -0.2) is 20.1 Å². The average molecular weight is 327 g/mol. The largest absolute Gasteiger partial charge is 0.497 e. The van der Waals surface area contributed by atoms with Crippen LogP contribution in [0, 0.1) is 0 Å². The predicted octanol–water partition coefficient (Wildman–Crippen LogP) is 4.40. The van der Waals surface area contributed by atoms with E-state index in [0.29, 0.717) is 35.9 Å². The van der Waals surface area contributed by atoms with Gasteiger partial charge in [0.2, 0.25) is 5.91 Å². The van der Waals surface area contributed by atoms with Crippen LogP contribution in [0.2, 0.25) is 0 Å². The molecule has 0 aliphatic carbocycles. The van der Waals surface area contributed by atoms with Gasteiger partial charge in [-0.15, -0.1) is 0 Å². The van der Waals surface area contributed by atoms with E-state index in [0.717, 1.165) is 5.56 Å². The van der Waals surface area contributed by atoms with Crippen molar-refractivity contribution in [2.45, 2.75) is 32.6 Å². The van der Waals surface area contributed by atoms with Crippen LogP contribution in [-0.2, 0) is 11.2 Å². The first-order valence-electron chi connectivity index (χ1n) is 8.14. The Hall–Kier alpha value is -2.49. The van der Waals surface area contributed by atoms with Gasteiger partial charge in [-0.1, -0.05) is 38.1 Å². The van der Waals surface area contributed by atoms with Crippen LogP contribution in [0.4, 0.5) is 5.69 Å². The maximum atomic E-state index is 12.2. The Morgan fingerprint density at radius 1 is 1.04 bits per heavy atom. The molecule has 0 saturated heterocycles. The number of carbonyl (C=O) groups is 1. The summed E-state index contributed by atoms with van der Waals surface area (Å²) in [7, 11) is 3.17. The second-order valence-corrected chi connectivity index (χ2v) is 6.01. The fraction of sp³-hybridized carbons (Fsp3) is 0.350. The highest BCUT2D eigenvalue weighted by Crippen LogP contribution is 2.29. The van der Waals surface area contributed by atoms with Crippen molar-refractivity contribution in [2.24, 2.45) is 0 Å². The third-order valence-corrected chi connectivity index (χ3v) is 3.97. The number of aryl methyl sites for hydroxylation is 1. The number of methoxy groups -OCH3 is 2. The first-order chi connectivity index (χ1) is 11.5. The van der Waals surface area contributed by atoms with Crippen LogP contribution in [0.3, 0.4) is 0 Å². The number of rotatable bonds is 7. The van der Waals surface area contributed by atoms with Crippen LogP contribution in [0.1, 0.15) is 37.3 Å². The molecule has 0 saturated carbocycles. The van der Waals surface area contributed by atoms with E-state index in [9.17, 15) is 4.79 Å². The van der Waals surface area contributed by atoms with Gasteiger partial charge in [0.25, 0.3) is 0 Å². The van der Waals surface area contributed by atoms with Gasteiger partial charge in [-0.25, -0.2) is 0 Å². The summed E-state index contributed by atoms with van der Waals surface area (Å²) in [5, 5.41) is 2.89. The monoisotopic (exact) mass is 327 g/mol. The molecule has 0 aliphatic rings. The van der Waals surface area contributed by atoms with Crippen molar-refractivity contribution in [3.8, 4) is 11.5 Å². The lowest BCUT2D eigenvalue weighted by molar-refractivity contribution is -0.116. The van der Waals surface area contributed by atoms with Gasteiger partial charge in [0.05, 0.1) is 19.9 Å². The summed E-state index contributed by atoms with van der Waals surface area (Å²) in [6, 6.07) is 13.8. The van der Waals surface area contributed by atoms with E-state index in [1.165, 1.54) is 5.56 Å². The first-order valence-corrected chi connectivity index (χ1v) is 8.14. The lowest BCUT2D eigenvalue weighted by Gasteiger charge is -2.12. The molecule has 4 nitrogen and oxygen atoms in total. The Labute approximate surface area is 143 Å². The highest BCUT2D eigenvalue weighted by atomic mass is 16.5. The molecule has 0 fully saturated rings. The third kappa shape index (κ3) is 4.75. The third-order valence-electron chi connectivity index (χ3n) is 3.97. The molecule has 0 heterocycles. The van der Waals surface area contributed by atoms with Crippen molar-refractivity contribution >= 4 is 11.6 Å². The summed E-state index contributed by atoms with van der Waals surface area (Å²) < 4.78 is 10.5. The van der Waals surface area contributed by atoms with Gasteiger partial charge in [-0.05, 0) is 35.6 Å². The highest BCUT2D eigenvalue weighted by Gasteiger charge is 2.09. The lowest BCUT2D eigenvalue weighted by Crippen LogP contribution is -2.13. The van der Waals surface area contributed by atoms with Crippen molar-refractivity contribution < 1.29 is 14.3 Å². The molecule has 0 aromatic heterocycles. The lowest BCUT2D eigenvalue weighted by atomic mass is 10.0. The minimum Gasteiger partial charge on any atom is -0.497 e. The van der Waals surface area contributed by atoms with Gasteiger partial charge in [0, 0.05) is 12.5 Å². The van der Waals surface area contributed by atoms with Crippen molar-refractivity contribution in [1.82, 2.24) is 0 Å². The Morgan fingerprint density at radius 2 is 1.75 bits per heavy atom. The minimum absolute atomic E-state index is 0.0468. The fourth-order valence-corrected chi connectivity index (χ4v) is 2.45. The zero-order chi connectivity index (χ0) is 17.5. The average Bonchev–Trinajstić information content (AvgIpc) is 2.60. The van der Waals surface area contributed by atoms with Gasteiger partial charge in [-0.3, -0.25) is 4.79 Å². The SMILES string of the molecule is COc1ccc(OC)c(NC(=O)CCc2ccc(C(C)C)cc2)c1. The van der Waals surface area contributed by atoms with E-state index in [-0.39, 0.29) is 5.91 Å². The summed E-state index contributed by atoms with van der Waals surface area (Å²) in [4.78, 5) is 12.2. The molecule has 4 heteroatoms. The van der Waals surface area contributed by atoms with Gasteiger partial charge in [-0.2, -0.15) is 0 Å². The molecular formula is C20H25NO3. The van der Waals surface area contributed by atoms with Crippen molar-refractivity contribution in [3.63, 3.8) is 0 Å². The molecule has 2 rings (SSSR count). The number of ether oxygens (including phenoxy) is 2. The highest BCUT2D eigenvalue weighted by molar-refractivity contribution is 5.92. The zero-order valence-electron chi connectivity index (χ0n) is 14.8. The second-order valence-electron chi connectivity index (χ2n) is 6.01. The topological polar surface area (TPSA) is 47.6 Å². The Balaban J connectivity index is 1.96. The molecule has 0 bridgehead atoms. The first kappa shape index (κ1) is 17.9. The summed E-state index contributed by atoms with van der Waals surface area (Å²) in [6.45, 7) is 4.34. The Morgan fingerprint density at radius 3 is 2.33 bits per heavy atom. The molecular weight excluding hydrogens is 302 g/mol. The van der Waals surface area contributed by atoms with E-state index >= 15 is 0 Å². The normalized spacial score (nSPS) is 10.5. The van der Waals surface area contributed by atoms with Gasteiger partial charge >= 0.3 is 0 Å². The molecule has 0 aliphatic heterocycles. The van der Waals surface area contributed by atoms with Gasteiger partial charge in [0.1, 0.15) is 11.5 Å². The molecule has 0 radical (unpaired) electrons. The van der Waals surface area contributed by atoms with Crippen molar-refractivity contribution in [3.05, 3.63) is 53.6 Å². The Kier molecular flexibility index (Phi) is 6.24. The zero-order valence-corrected chi connectivity index (χ0v) is 14.8. The number of carbonyl (C=O) groups excluding carboxylic acids is 1. The standard InChI is InChI=1S/C20H25NO3/c1-14(2)16-8-5-15(6-9-16)7-12-20(22)21-18-13-17(23-3)10-11-19(18)24-4/h5-6,8-11,13-14H,7,12H2,1-4H3,(H,21,22). The van der Waals surface area contributed by atoms with Crippen molar-refractivity contribution in [2.75, 3.05) is 19.5 Å². The molecule has 0 unspecified atom stereocenters. The number of amides is 1. The van der Waals surface area contributed by atoms with Crippen LogP contribution in [0.25, 0.3) is 0 Å². The Bertz CT molecular complexity index is 678. The van der Waals surface area contributed by atoms with Crippen molar-refractivity contribution in [1.29, 1.82) is 0 Å². The fourth-order valence-electron chi connectivity index (χ4n) is 2.45. The second kappa shape index (κ2) is 8.39. The van der Waals surface area contributed by atoms with Gasteiger partial charge in [0.15, 0.2) is 0 Å². The van der Waals surface area contributed by atoms with E-state index < -0.39 is 0 Å². The number of hydrogen-bond donors (Lipinski definition) is 1. The summed E-state index contributed by atoms with van der Waals surface area (Å²) >= 11 is 0. The number of anilines is 1. The summed E-state index contributed by atoms with van der Waals surface area (Å²) in [5.74, 6) is 1.76.